The summed E-state index contributed by atoms with van der Waals surface area (Å²) in [6.45, 7) is 1.61. The molecule has 3 rings (SSSR count). The van der Waals surface area contributed by atoms with Crippen LogP contribution in [-0.2, 0) is 30.3 Å². The minimum absolute atomic E-state index is 0.283. The maximum atomic E-state index is 12.3. The molecule has 1 aromatic rings. The molecule has 28 heavy (non-hydrogen) atoms. The number of hydrogen-bond acceptors (Lipinski definition) is 5. The monoisotopic (exact) mass is 386 g/mol. The highest BCUT2D eigenvalue weighted by molar-refractivity contribution is 6.07. The van der Waals surface area contributed by atoms with Crippen molar-refractivity contribution in [2.75, 3.05) is 19.7 Å². The van der Waals surface area contributed by atoms with Crippen molar-refractivity contribution < 1.29 is 23.9 Å². The van der Waals surface area contributed by atoms with E-state index in [4.69, 9.17) is 4.74 Å². The van der Waals surface area contributed by atoms with Gasteiger partial charge in [0.1, 0.15) is 6.54 Å². The predicted octanol–water partition coefficient (Wildman–Crippen LogP) is 1.37. The van der Waals surface area contributed by atoms with Gasteiger partial charge in [0, 0.05) is 6.54 Å². The zero-order valence-electron chi connectivity index (χ0n) is 16.1. The Morgan fingerprint density at radius 2 is 1.75 bits per heavy atom. The van der Waals surface area contributed by atoms with E-state index in [9.17, 15) is 19.2 Å². The fourth-order valence-electron chi connectivity index (χ4n) is 3.99. The van der Waals surface area contributed by atoms with Gasteiger partial charge >= 0.3 is 5.97 Å². The second kappa shape index (κ2) is 8.99. The lowest BCUT2D eigenvalue weighted by Crippen LogP contribution is -2.38. The molecule has 7 heteroatoms. The van der Waals surface area contributed by atoms with Crippen molar-refractivity contribution in [1.82, 2.24) is 10.2 Å². The molecule has 1 saturated carbocycles. The van der Waals surface area contributed by atoms with E-state index >= 15 is 0 Å². The van der Waals surface area contributed by atoms with E-state index in [2.05, 4.69) is 5.32 Å². The Morgan fingerprint density at radius 1 is 1.11 bits per heavy atom. The molecule has 2 aliphatic rings. The largest absolute Gasteiger partial charge is 0.454 e. The highest BCUT2D eigenvalue weighted by Gasteiger charge is 2.48. The van der Waals surface area contributed by atoms with E-state index < -0.39 is 25.0 Å². The summed E-state index contributed by atoms with van der Waals surface area (Å²) in [5, 5.41) is 2.70. The minimum Gasteiger partial charge on any atom is -0.454 e. The number of rotatable bonds is 7. The molecule has 3 amide bonds. The van der Waals surface area contributed by atoms with E-state index in [1.54, 1.807) is 0 Å². The molecule has 1 aliphatic heterocycles. The summed E-state index contributed by atoms with van der Waals surface area (Å²) >= 11 is 0. The highest BCUT2D eigenvalue weighted by atomic mass is 16.5. The van der Waals surface area contributed by atoms with E-state index in [1.165, 1.54) is 0 Å². The number of nitrogens with zero attached hydrogens (tertiary/aromatic N) is 1. The third-order valence-corrected chi connectivity index (χ3v) is 5.56. The molecule has 0 bridgehead atoms. The molecule has 0 spiro atoms. The van der Waals surface area contributed by atoms with Crippen molar-refractivity contribution in [1.29, 1.82) is 0 Å². The molecular formula is C21H26N2O5. The SMILES string of the molecule is Cc1ccccc1CCNC(=O)COC(=O)CN1C(=O)[C@H]2CCCC[C@@H]2C1=O. The number of nitrogens with one attached hydrogen (secondary N) is 1. The topological polar surface area (TPSA) is 92.8 Å². The Labute approximate surface area is 164 Å². The number of fused-ring (bicyclic) bond motifs is 1. The summed E-state index contributed by atoms with van der Waals surface area (Å²) in [6.07, 6.45) is 3.95. The number of imide groups is 1. The number of benzene rings is 1. The van der Waals surface area contributed by atoms with E-state index in [1.807, 2.05) is 31.2 Å². The van der Waals surface area contributed by atoms with Crippen LogP contribution in [0, 0.1) is 18.8 Å². The Balaban J connectivity index is 1.39. The van der Waals surface area contributed by atoms with E-state index in [0.29, 0.717) is 25.8 Å². The Morgan fingerprint density at radius 3 is 2.39 bits per heavy atom. The Kier molecular flexibility index (Phi) is 6.44. The number of carbonyl (C=O) groups excluding carboxylic acids is 4. The molecule has 0 unspecified atom stereocenters. The van der Waals surface area contributed by atoms with Gasteiger partial charge in [-0.05, 0) is 37.3 Å². The number of amides is 3. The van der Waals surface area contributed by atoms with Crippen LogP contribution in [0.15, 0.2) is 24.3 Å². The van der Waals surface area contributed by atoms with Crippen LogP contribution in [0.25, 0.3) is 0 Å². The lowest BCUT2D eigenvalue weighted by atomic mass is 9.81. The summed E-state index contributed by atoms with van der Waals surface area (Å²) in [7, 11) is 0. The van der Waals surface area contributed by atoms with Crippen LogP contribution >= 0.6 is 0 Å². The van der Waals surface area contributed by atoms with Crippen molar-refractivity contribution in [2.45, 2.75) is 39.0 Å². The van der Waals surface area contributed by atoms with Crippen LogP contribution in [0.5, 0.6) is 0 Å². The molecule has 150 valence electrons. The first-order valence-corrected chi connectivity index (χ1v) is 9.79. The summed E-state index contributed by atoms with van der Waals surface area (Å²) in [4.78, 5) is 49.5. The van der Waals surface area contributed by atoms with Crippen LogP contribution in [0.3, 0.4) is 0 Å². The summed E-state index contributed by atoms with van der Waals surface area (Å²) in [5.74, 6) is -2.30. The third kappa shape index (κ3) is 4.58. The Bertz CT molecular complexity index is 752. The summed E-state index contributed by atoms with van der Waals surface area (Å²) in [5.41, 5.74) is 2.30. The van der Waals surface area contributed by atoms with Gasteiger partial charge in [0.15, 0.2) is 6.61 Å². The number of ether oxygens (including phenoxy) is 1. The van der Waals surface area contributed by atoms with Crippen molar-refractivity contribution in [3.63, 3.8) is 0 Å². The summed E-state index contributed by atoms with van der Waals surface area (Å²) < 4.78 is 4.95. The molecule has 1 saturated heterocycles. The first-order valence-electron chi connectivity index (χ1n) is 9.79. The Hall–Kier alpha value is -2.70. The van der Waals surface area contributed by atoms with Crippen LogP contribution in [0.2, 0.25) is 0 Å². The second-order valence-electron chi connectivity index (χ2n) is 7.45. The van der Waals surface area contributed by atoms with E-state index in [-0.39, 0.29) is 23.7 Å². The maximum absolute atomic E-state index is 12.3. The van der Waals surface area contributed by atoms with Crippen LogP contribution in [0.4, 0.5) is 0 Å². The third-order valence-electron chi connectivity index (χ3n) is 5.56. The van der Waals surface area contributed by atoms with Gasteiger partial charge in [-0.25, -0.2) is 0 Å². The fraction of sp³-hybridized carbons (Fsp3) is 0.524. The normalized spacial score (nSPS) is 21.4. The predicted molar refractivity (Wildman–Crippen MR) is 101 cm³/mol. The number of aryl methyl sites for hydroxylation is 1. The molecule has 0 radical (unpaired) electrons. The average Bonchev–Trinajstić information content (AvgIpc) is 2.93. The van der Waals surface area contributed by atoms with E-state index in [0.717, 1.165) is 28.9 Å². The fourth-order valence-corrected chi connectivity index (χ4v) is 3.99. The van der Waals surface area contributed by atoms with Gasteiger partial charge in [-0.2, -0.15) is 0 Å². The summed E-state index contributed by atoms with van der Waals surface area (Å²) in [6, 6.07) is 7.92. The molecular weight excluding hydrogens is 360 g/mol. The standard InChI is InChI=1S/C21H26N2O5/c1-14-6-2-3-7-15(14)10-11-22-18(24)13-28-19(25)12-23-20(26)16-8-4-5-9-17(16)21(23)27/h2-3,6-7,16-17H,4-5,8-13H2,1H3,(H,22,24)/t16-,17-/m0/s1. The lowest BCUT2D eigenvalue weighted by Gasteiger charge is -2.19. The van der Waals surface area contributed by atoms with Crippen LogP contribution in [0.1, 0.15) is 36.8 Å². The minimum atomic E-state index is -0.741. The first-order chi connectivity index (χ1) is 13.5. The number of esters is 1. The molecule has 0 aromatic heterocycles. The molecule has 1 heterocycles. The molecule has 1 N–H and O–H groups in total. The van der Waals surface area contributed by atoms with Crippen molar-refractivity contribution in [2.24, 2.45) is 11.8 Å². The smallest absolute Gasteiger partial charge is 0.326 e. The van der Waals surface area contributed by atoms with Gasteiger partial charge in [-0.3, -0.25) is 24.1 Å². The molecule has 1 aliphatic carbocycles. The van der Waals surface area contributed by atoms with Crippen molar-refractivity contribution in [3.8, 4) is 0 Å². The number of hydrogen-bond donors (Lipinski definition) is 1. The molecule has 7 nitrogen and oxygen atoms in total. The van der Waals surface area contributed by atoms with Crippen LogP contribution < -0.4 is 5.32 Å². The van der Waals surface area contributed by atoms with Gasteiger partial charge in [0.2, 0.25) is 11.8 Å². The van der Waals surface area contributed by atoms with Gasteiger partial charge in [0.25, 0.3) is 5.91 Å². The highest BCUT2D eigenvalue weighted by Crippen LogP contribution is 2.37. The second-order valence-corrected chi connectivity index (χ2v) is 7.45. The molecule has 2 fully saturated rings. The lowest BCUT2D eigenvalue weighted by molar-refractivity contribution is -0.154. The maximum Gasteiger partial charge on any atom is 0.326 e. The number of carbonyl (C=O) groups is 4. The van der Waals surface area contributed by atoms with Gasteiger partial charge < -0.3 is 10.1 Å². The molecule has 1 aromatic carbocycles. The molecule has 2 atom stereocenters. The first kappa shape index (κ1) is 20.0. The van der Waals surface area contributed by atoms with Crippen LogP contribution in [-0.4, -0.2) is 48.3 Å². The van der Waals surface area contributed by atoms with Crippen molar-refractivity contribution in [3.05, 3.63) is 35.4 Å². The van der Waals surface area contributed by atoms with Gasteiger partial charge in [-0.15, -0.1) is 0 Å². The van der Waals surface area contributed by atoms with Gasteiger partial charge in [-0.1, -0.05) is 37.1 Å². The number of likely N-dealkylation sites (tertiary alicyclic amines) is 1. The zero-order valence-corrected chi connectivity index (χ0v) is 16.1. The zero-order chi connectivity index (χ0) is 20.1. The quantitative estimate of drug-likeness (QED) is 0.564. The van der Waals surface area contributed by atoms with Crippen molar-refractivity contribution >= 4 is 23.7 Å². The average molecular weight is 386 g/mol. The van der Waals surface area contributed by atoms with Gasteiger partial charge in [0.05, 0.1) is 11.8 Å².